The summed E-state index contributed by atoms with van der Waals surface area (Å²) in [6.45, 7) is 6.32. The number of fused-ring (bicyclic) bond motifs is 5. The van der Waals surface area contributed by atoms with Crippen LogP contribution in [0.5, 0.6) is 0 Å². The van der Waals surface area contributed by atoms with Gasteiger partial charge < -0.3 is 14.4 Å². The van der Waals surface area contributed by atoms with E-state index in [0.29, 0.717) is 0 Å². The van der Waals surface area contributed by atoms with Crippen LogP contribution in [0.15, 0.2) is 126 Å². The first-order valence-electron chi connectivity index (χ1n) is 14.6. The molecule has 1 radical (unpaired) electrons. The van der Waals surface area contributed by atoms with Crippen molar-refractivity contribution in [2.24, 2.45) is 0 Å². The molecule has 4 nitrogen and oxygen atoms in total. The number of rotatable bonds is 3. The van der Waals surface area contributed by atoms with Gasteiger partial charge in [0.1, 0.15) is 5.58 Å². The fourth-order valence-electron chi connectivity index (χ4n) is 5.46. The molecule has 0 amide bonds. The third kappa shape index (κ3) is 5.93. The Hall–Kier alpha value is -4.96. The third-order valence-electron chi connectivity index (χ3n) is 7.99. The Labute approximate surface area is 276 Å². The van der Waals surface area contributed by atoms with Gasteiger partial charge >= 0.3 is 0 Å². The minimum absolute atomic E-state index is 0. The molecule has 0 bridgehead atoms. The second kappa shape index (κ2) is 13.0. The van der Waals surface area contributed by atoms with E-state index in [4.69, 9.17) is 4.42 Å². The van der Waals surface area contributed by atoms with E-state index in [1.165, 1.54) is 27.8 Å². The van der Waals surface area contributed by atoms with Crippen LogP contribution in [0.3, 0.4) is 0 Å². The number of pyridine rings is 3. The van der Waals surface area contributed by atoms with Crippen LogP contribution in [0.2, 0.25) is 0 Å². The van der Waals surface area contributed by atoms with Crippen molar-refractivity contribution in [1.29, 1.82) is 0 Å². The van der Waals surface area contributed by atoms with Crippen LogP contribution >= 0.6 is 0 Å². The number of benzene rings is 4. The van der Waals surface area contributed by atoms with Gasteiger partial charge in [0.15, 0.2) is 0 Å². The average Bonchev–Trinajstić information content (AvgIpc) is 3.47. The molecule has 0 saturated heterocycles. The standard InChI is InChI=1S/C20H11N2O.C20H18N.Ir/c1-2-11-21-17(8-1)15-6-3-5-13-14-9-10-18-16(7-4-12-22-18)20(14)23-19(13)15;1-14-9-10-18(20-11-15(2)16(3)13-21-20)12-19(14)17-7-5-4-6-8-17;/h1-5,7-12H;4-9,11-13H,1-3H3;/q2*-1;. The molecule has 5 heteroatoms. The molecule has 0 aliphatic heterocycles. The van der Waals surface area contributed by atoms with Crippen LogP contribution in [0.4, 0.5) is 0 Å². The van der Waals surface area contributed by atoms with Gasteiger partial charge in [0, 0.05) is 49.5 Å². The van der Waals surface area contributed by atoms with Gasteiger partial charge in [-0.1, -0.05) is 77.5 Å². The maximum Gasteiger partial charge on any atom is 0.130 e. The molecule has 4 heterocycles. The summed E-state index contributed by atoms with van der Waals surface area (Å²) in [4.78, 5) is 13.4. The molecule has 8 aromatic rings. The molecule has 221 valence electrons. The predicted octanol–water partition coefficient (Wildman–Crippen LogP) is 10.1. The second-order valence-electron chi connectivity index (χ2n) is 10.9. The van der Waals surface area contributed by atoms with Gasteiger partial charge in [0.05, 0.1) is 11.1 Å². The van der Waals surface area contributed by atoms with Gasteiger partial charge in [-0.25, -0.2) is 0 Å². The van der Waals surface area contributed by atoms with Crippen molar-refractivity contribution in [3.8, 4) is 33.6 Å². The zero-order valence-electron chi connectivity index (χ0n) is 25.1. The smallest absolute Gasteiger partial charge is 0.130 e. The van der Waals surface area contributed by atoms with Crippen LogP contribution in [-0.2, 0) is 20.1 Å². The van der Waals surface area contributed by atoms with Gasteiger partial charge in [-0.15, -0.1) is 47.5 Å². The summed E-state index contributed by atoms with van der Waals surface area (Å²) in [7, 11) is 0. The molecule has 0 saturated carbocycles. The Morgan fingerprint density at radius 3 is 2.20 bits per heavy atom. The van der Waals surface area contributed by atoms with Gasteiger partial charge in [-0.2, -0.15) is 0 Å². The molecular weight excluding hydrogens is 731 g/mol. The minimum atomic E-state index is 0. The Bertz CT molecular complexity index is 2260. The fourth-order valence-corrected chi connectivity index (χ4v) is 5.46. The Balaban J connectivity index is 0.000000156. The minimum Gasteiger partial charge on any atom is -0.500 e. The Morgan fingerprint density at radius 1 is 0.600 bits per heavy atom. The fraction of sp³-hybridized carbons (Fsp3) is 0.0750. The SMILES string of the molecule is Cc1cnc(-c2[c-]cc(C)c(-c3ccccc3)c2)cc1C.[Ir].[c-]1ccc2c(oc3c4cccnc4ccc23)c1-c1ccccn1. The van der Waals surface area contributed by atoms with Crippen molar-refractivity contribution in [1.82, 2.24) is 15.0 Å². The summed E-state index contributed by atoms with van der Waals surface area (Å²) in [5, 5.41) is 3.19. The van der Waals surface area contributed by atoms with E-state index in [-0.39, 0.29) is 20.1 Å². The van der Waals surface area contributed by atoms with Crippen molar-refractivity contribution < 1.29 is 24.5 Å². The summed E-state index contributed by atoms with van der Waals surface area (Å²) in [6.07, 6.45) is 5.51. The number of nitrogens with zero attached hydrogens (tertiary/aromatic N) is 3. The van der Waals surface area contributed by atoms with Crippen LogP contribution in [0.25, 0.3) is 66.5 Å². The number of aromatic nitrogens is 3. The molecule has 4 aromatic heterocycles. The average molecular weight is 760 g/mol. The monoisotopic (exact) mass is 760 g/mol. The van der Waals surface area contributed by atoms with E-state index >= 15 is 0 Å². The molecule has 0 spiro atoms. The molecule has 0 unspecified atom stereocenters. The van der Waals surface area contributed by atoms with E-state index in [1.807, 2.05) is 60.8 Å². The molecular formula is C40H29IrN3O-2. The first-order chi connectivity index (χ1) is 21.6. The Kier molecular flexibility index (Phi) is 8.66. The number of furan rings is 1. The van der Waals surface area contributed by atoms with E-state index < -0.39 is 0 Å². The zero-order chi connectivity index (χ0) is 30.0. The van der Waals surface area contributed by atoms with Crippen molar-refractivity contribution in [2.45, 2.75) is 20.8 Å². The molecule has 0 aliphatic rings. The summed E-state index contributed by atoms with van der Waals surface area (Å²) in [5.74, 6) is 0. The summed E-state index contributed by atoms with van der Waals surface area (Å²) < 4.78 is 6.24. The van der Waals surface area contributed by atoms with Crippen molar-refractivity contribution in [3.05, 3.63) is 151 Å². The van der Waals surface area contributed by atoms with Crippen LogP contribution in [0, 0.1) is 32.9 Å². The largest absolute Gasteiger partial charge is 0.500 e. The first kappa shape index (κ1) is 30.1. The third-order valence-corrected chi connectivity index (χ3v) is 7.99. The van der Waals surface area contributed by atoms with E-state index in [1.54, 1.807) is 12.4 Å². The summed E-state index contributed by atoms with van der Waals surface area (Å²) >= 11 is 0. The van der Waals surface area contributed by atoms with Crippen LogP contribution < -0.4 is 0 Å². The van der Waals surface area contributed by atoms with Gasteiger partial charge in [-0.05, 0) is 66.7 Å². The molecule has 0 N–H and O–H groups in total. The van der Waals surface area contributed by atoms with Crippen LogP contribution in [-0.4, -0.2) is 15.0 Å². The molecule has 0 fully saturated rings. The normalized spacial score (nSPS) is 10.8. The van der Waals surface area contributed by atoms with Crippen molar-refractivity contribution in [2.75, 3.05) is 0 Å². The second-order valence-corrected chi connectivity index (χ2v) is 10.9. The van der Waals surface area contributed by atoms with Crippen LogP contribution in [0.1, 0.15) is 16.7 Å². The maximum atomic E-state index is 6.24. The summed E-state index contributed by atoms with van der Waals surface area (Å²) in [5.41, 5.74) is 12.6. The summed E-state index contributed by atoms with van der Waals surface area (Å²) in [6, 6.07) is 41.3. The van der Waals surface area contributed by atoms with Crippen molar-refractivity contribution >= 4 is 32.8 Å². The molecule has 8 rings (SSSR count). The quantitative estimate of drug-likeness (QED) is 0.168. The van der Waals surface area contributed by atoms with E-state index in [2.05, 4.69) is 96.4 Å². The molecule has 0 atom stereocenters. The van der Waals surface area contributed by atoms with Gasteiger partial charge in [-0.3, -0.25) is 4.98 Å². The topological polar surface area (TPSA) is 51.8 Å². The zero-order valence-corrected chi connectivity index (χ0v) is 27.5. The van der Waals surface area contributed by atoms with Gasteiger partial charge in [0.25, 0.3) is 0 Å². The van der Waals surface area contributed by atoms with Crippen molar-refractivity contribution in [3.63, 3.8) is 0 Å². The number of aryl methyl sites for hydroxylation is 3. The number of hydrogen-bond donors (Lipinski definition) is 0. The van der Waals surface area contributed by atoms with Gasteiger partial charge in [0.2, 0.25) is 0 Å². The van der Waals surface area contributed by atoms with E-state index in [9.17, 15) is 0 Å². The molecule has 0 aliphatic carbocycles. The predicted molar refractivity (Wildman–Crippen MR) is 179 cm³/mol. The van der Waals surface area contributed by atoms with E-state index in [0.717, 1.165) is 55.4 Å². The number of hydrogen-bond acceptors (Lipinski definition) is 4. The molecule has 45 heavy (non-hydrogen) atoms. The maximum absolute atomic E-state index is 6.24. The Morgan fingerprint density at radius 2 is 1.40 bits per heavy atom. The molecule has 4 aromatic carbocycles. The first-order valence-corrected chi connectivity index (χ1v) is 14.6.